The van der Waals surface area contributed by atoms with Crippen molar-refractivity contribution in [3.63, 3.8) is 0 Å². The minimum absolute atomic E-state index is 0.00467. The Morgan fingerprint density at radius 3 is 2.00 bits per heavy atom. The largest absolute Gasteiger partial charge is 0.481 e. The number of hydrogen-bond donors (Lipinski definition) is 4. The van der Waals surface area contributed by atoms with Gasteiger partial charge in [-0.05, 0) is 56.2 Å². The highest BCUT2D eigenvalue weighted by Gasteiger charge is 2.29. The summed E-state index contributed by atoms with van der Waals surface area (Å²) >= 11 is 0. The first-order chi connectivity index (χ1) is 20.8. The van der Waals surface area contributed by atoms with Crippen molar-refractivity contribution < 1.29 is 43.3 Å². The number of rotatable bonds is 16. The Hall–Kier alpha value is -4.74. The summed E-state index contributed by atoms with van der Waals surface area (Å²) in [6.45, 7) is 8.00. The number of hydrogen-bond acceptors (Lipinski definition) is 8. The van der Waals surface area contributed by atoms with E-state index in [2.05, 4.69) is 16.0 Å². The van der Waals surface area contributed by atoms with Gasteiger partial charge in [0.25, 0.3) is 0 Å². The predicted octanol–water partition coefficient (Wildman–Crippen LogP) is 3.22. The standard InChI is InChI=1S/C32H41N3O9/c1-19(2)16-25(26(36)18-43-31(41)28-20(3)10-9-11-21(28)4)34-29(39)22(5)33-30(40)24(14-15-27(37)38)35-32(42)44-17-23-12-7-6-8-13-23/h6-13,19,22,24-25H,14-18H2,1-5H3,(H,33,40)(H,34,39)(H,35,42)(H,37,38)/t22-,24-,25-/m0/s1. The van der Waals surface area contributed by atoms with Crippen LogP contribution in [-0.4, -0.2) is 65.5 Å². The highest BCUT2D eigenvalue weighted by molar-refractivity contribution is 5.97. The van der Waals surface area contributed by atoms with Crippen molar-refractivity contribution in [2.75, 3.05) is 6.61 Å². The molecule has 0 saturated carbocycles. The van der Waals surface area contributed by atoms with E-state index >= 15 is 0 Å². The zero-order valence-corrected chi connectivity index (χ0v) is 25.7. The number of ether oxygens (including phenoxy) is 2. The van der Waals surface area contributed by atoms with Gasteiger partial charge < -0.3 is 30.5 Å². The van der Waals surface area contributed by atoms with Crippen LogP contribution in [0.25, 0.3) is 0 Å². The SMILES string of the molecule is Cc1cccc(C)c1C(=O)OCC(=O)[C@H](CC(C)C)NC(=O)[C@H](C)NC(=O)[C@H](CCC(=O)O)NC(=O)OCc1ccccc1. The molecule has 12 nitrogen and oxygen atoms in total. The second-order valence-electron chi connectivity index (χ2n) is 10.9. The summed E-state index contributed by atoms with van der Waals surface area (Å²) in [4.78, 5) is 75.1. The highest BCUT2D eigenvalue weighted by atomic mass is 16.5. The van der Waals surface area contributed by atoms with Crippen molar-refractivity contribution in [3.8, 4) is 0 Å². The zero-order chi connectivity index (χ0) is 32.8. The van der Waals surface area contributed by atoms with Crippen molar-refractivity contribution in [2.45, 2.75) is 78.6 Å². The molecule has 0 aliphatic heterocycles. The molecule has 2 aromatic carbocycles. The summed E-state index contributed by atoms with van der Waals surface area (Å²) in [5.74, 6) is -3.85. The maximum Gasteiger partial charge on any atom is 0.408 e. The number of aryl methyl sites for hydroxylation is 2. The first-order valence-electron chi connectivity index (χ1n) is 14.3. The van der Waals surface area contributed by atoms with E-state index in [1.165, 1.54) is 6.92 Å². The van der Waals surface area contributed by atoms with Gasteiger partial charge in [0.2, 0.25) is 11.8 Å². The van der Waals surface area contributed by atoms with Gasteiger partial charge in [0.05, 0.1) is 11.6 Å². The molecular weight excluding hydrogens is 570 g/mol. The van der Waals surface area contributed by atoms with E-state index in [4.69, 9.17) is 14.6 Å². The molecule has 3 atom stereocenters. The Morgan fingerprint density at radius 2 is 1.41 bits per heavy atom. The number of alkyl carbamates (subject to hydrolysis) is 1. The van der Waals surface area contributed by atoms with Gasteiger partial charge in [0.15, 0.2) is 12.4 Å². The normalized spacial score (nSPS) is 12.8. The maximum absolute atomic E-state index is 13.0. The monoisotopic (exact) mass is 611 g/mol. The number of amides is 3. The van der Waals surface area contributed by atoms with Crippen LogP contribution in [0.4, 0.5) is 4.79 Å². The average molecular weight is 612 g/mol. The molecule has 44 heavy (non-hydrogen) atoms. The average Bonchev–Trinajstić information content (AvgIpc) is 2.96. The molecule has 0 bridgehead atoms. The molecule has 0 aromatic heterocycles. The van der Waals surface area contributed by atoms with Crippen LogP contribution >= 0.6 is 0 Å². The minimum Gasteiger partial charge on any atom is -0.481 e. The maximum atomic E-state index is 13.0. The molecule has 0 unspecified atom stereocenters. The fourth-order valence-electron chi connectivity index (χ4n) is 4.31. The topological polar surface area (TPSA) is 177 Å². The van der Waals surface area contributed by atoms with Gasteiger partial charge in [-0.25, -0.2) is 9.59 Å². The molecule has 238 valence electrons. The molecule has 3 amide bonds. The van der Waals surface area contributed by atoms with Gasteiger partial charge in [-0.2, -0.15) is 0 Å². The second kappa shape index (κ2) is 17.4. The lowest BCUT2D eigenvalue weighted by Crippen LogP contribution is -2.55. The Kier molecular flexibility index (Phi) is 14.0. The van der Waals surface area contributed by atoms with Crippen LogP contribution in [0.15, 0.2) is 48.5 Å². The molecule has 0 fully saturated rings. The lowest BCUT2D eigenvalue weighted by atomic mass is 10.00. The first-order valence-corrected chi connectivity index (χ1v) is 14.3. The van der Waals surface area contributed by atoms with E-state index in [9.17, 15) is 28.8 Å². The Labute approximate surface area is 256 Å². The Balaban J connectivity index is 2.00. The predicted molar refractivity (Wildman–Crippen MR) is 161 cm³/mol. The fourth-order valence-corrected chi connectivity index (χ4v) is 4.31. The van der Waals surface area contributed by atoms with Crippen LogP contribution in [0.2, 0.25) is 0 Å². The number of Topliss-reactive ketones (excluding diaryl/α,β-unsaturated/α-hetero) is 1. The number of benzene rings is 2. The molecule has 2 rings (SSSR count). The first kappa shape index (κ1) is 35.5. The van der Waals surface area contributed by atoms with Crippen LogP contribution in [-0.2, 0) is 35.3 Å². The number of carboxylic acid groups (broad SMARTS) is 1. The summed E-state index contributed by atoms with van der Waals surface area (Å²) in [5.41, 5.74) is 2.50. The van der Waals surface area contributed by atoms with Crippen molar-refractivity contribution >= 4 is 35.6 Å². The number of carbonyl (C=O) groups is 6. The Morgan fingerprint density at radius 1 is 0.773 bits per heavy atom. The summed E-state index contributed by atoms with van der Waals surface area (Å²) in [6.07, 6.45) is -1.36. The lowest BCUT2D eigenvalue weighted by molar-refractivity contribution is -0.137. The number of esters is 1. The number of ketones is 1. The van der Waals surface area contributed by atoms with E-state index in [1.54, 1.807) is 56.3 Å². The third-order valence-corrected chi connectivity index (χ3v) is 6.66. The van der Waals surface area contributed by atoms with Gasteiger partial charge in [-0.15, -0.1) is 0 Å². The summed E-state index contributed by atoms with van der Waals surface area (Å²) in [5, 5.41) is 16.5. The molecule has 0 spiro atoms. The quantitative estimate of drug-likeness (QED) is 0.208. The van der Waals surface area contributed by atoms with Crippen molar-refractivity contribution in [2.24, 2.45) is 5.92 Å². The van der Waals surface area contributed by atoms with Crippen LogP contribution in [0.1, 0.15) is 67.1 Å². The van der Waals surface area contributed by atoms with E-state index in [0.29, 0.717) is 22.3 Å². The van der Waals surface area contributed by atoms with Crippen LogP contribution in [0.3, 0.4) is 0 Å². The van der Waals surface area contributed by atoms with Gasteiger partial charge in [0.1, 0.15) is 18.7 Å². The summed E-state index contributed by atoms with van der Waals surface area (Å²) in [6, 6.07) is 10.7. The molecule has 4 N–H and O–H groups in total. The molecule has 2 aromatic rings. The number of aliphatic carboxylic acids is 1. The molecule has 0 saturated heterocycles. The molecule has 0 aliphatic rings. The van der Waals surface area contributed by atoms with Gasteiger partial charge in [0, 0.05) is 6.42 Å². The van der Waals surface area contributed by atoms with Crippen LogP contribution in [0.5, 0.6) is 0 Å². The number of nitrogens with one attached hydrogen (secondary N) is 3. The van der Waals surface area contributed by atoms with Gasteiger partial charge in [-0.3, -0.25) is 19.2 Å². The van der Waals surface area contributed by atoms with Crippen molar-refractivity contribution in [3.05, 3.63) is 70.8 Å². The van der Waals surface area contributed by atoms with Crippen LogP contribution < -0.4 is 16.0 Å². The summed E-state index contributed by atoms with van der Waals surface area (Å²) in [7, 11) is 0. The van der Waals surface area contributed by atoms with Crippen molar-refractivity contribution in [1.29, 1.82) is 0 Å². The second-order valence-corrected chi connectivity index (χ2v) is 10.9. The third kappa shape index (κ3) is 11.9. The molecular formula is C32H41N3O9. The van der Waals surface area contributed by atoms with Gasteiger partial charge >= 0.3 is 18.0 Å². The zero-order valence-electron chi connectivity index (χ0n) is 25.7. The molecule has 0 radical (unpaired) electrons. The molecule has 0 heterocycles. The fraction of sp³-hybridized carbons (Fsp3) is 0.438. The smallest absolute Gasteiger partial charge is 0.408 e. The van der Waals surface area contributed by atoms with E-state index < -0.39 is 66.8 Å². The number of carboxylic acids is 1. The van der Waals surface area contributed by atoms with Gasteiger partial charge in [-0.1, -0.05) is 62.4 Å². The van der Waals surface area contributed by atoms with Crippen molar-refractivity contribution in [1.82, 2.24) is 16.0 Å². The lowest BCUT2D eigenvalue weighted by Gasteiger charge is -2.24. The van der Waals surface area contributed by atoms with E-state index in [1.807, 2.05) is 19.9 Å². The van der Waals surface area contributed by atoms with E-state index in [-0.39, 0.29) is 25.4 Å². The molecule has 0 aliphatic carbocycles. The highest BCUT2D eigenvalue weighted by Crippen LogP contribution is 2.15. The number of carbonyl (C=O) groups excluding carboxylic acids is 5. The molecule has 12 heteroatoms. The third-order valence-electron chi connectivity index (χ3n) is 6.66. The van der Waals surface area contributed by atoms with E-state index in [0.717, 1.165) is 0 Å². The minimum atomic E-state index is -1.30. The van der Waals surface area contributed by atoms with Crippen LogP contribution in [0, 0.1) is 19.8 Å². The summed E-state index contributed by atoms with van der Waals surface area (Å²) < 4.78 is 10.4. The Bertz CT molecular complexity index is 1310.